The van der Waals surface area contributed by atoms with E-state index in [2.05, 4.69) is 5.10 Å². The average Bonchev–Trinajstić information content (AvgIpc) is 2.58. The van der Waals surface area contributed by atoms with Crippen molar-refractivity contribution < 1.29 is 22.8 Å². The molecule has 0 atom stereocenters. The first-order valence-electron chi connectivity index (χ1n) is 9.09. The van der Waals surface area contributed by atoms with Crippen molar-refractivity contribution in [3.8, 4) is 0 Å². The van der Waals surface area contributed by atoms with Gasteiger partial charge in [0.05, 0.1) is 6.54 Å². The molecule has 0 saturated heterocycles. The van der Waals surface area contributed by atoms with Crippen LogP contribution < -0.4 is 0 Å². The van der Waals surface area contributed by atoms with E-state index in [1.165, 1.54) is 5.01 Å². The van der Waals surface area contributed by atoms with Crippen LogP contribution in [0, 0.1) is 5.92 Å². The number of alkyl halides is 3. The maximum absolute atomic E-state index is 12.9. The molecule has 2 amide bonds. The number of nitrogens with zero attached hydrogens (tertiary/aromatic N) is 3. The quantitative estimate of drug-likeness (QED) is 0.759. The summed E-state index contributed by atoms with van der Waals surface area (Å²) in [4.78, 5) is 25.7. The predicted molar refractivity (Wildman–Crippen MR) is 93.6 cm³/mol. The molecule has 1 fully saturated rings. The van der Waals surface area contributed by atoms with Gasteiger partial charge in [-0.3, -0.25) is 9.59 Å². The molecular weight excluding hydrogens is 359 g/mol. The summed E-state index contributed by atoms with van der Waals surface area (Å²) in [6.45, 7) is -1.00. The molecule has 0 spiro atoms. The summed E-state index contributed by atoms with van der Waals surface area (Å²) in [6, 6.07) is 9.14. The summed E-state index contributed by atoms with van der Waals surface area (Å²) in [7, 11) is 0. The van der Waals surface area contributed by atoms with Crippen LogP contribution >= 0.6 is 0 Å². The van der Waals surface area contributed by atoms with Gasteiger partial charge in [0, 0.05) is 19.4 Å². The Morgan fingerprint density at radius 2 is 1.89 bits per heavy atom. The van der Waals surface area contributed by atoms with E-state index in [1.807, 2.05) is 30.3 Å². The third kappa shape index (κ3) is 5.30. The summed E-state index contributed by atoms with van der Waals surface area (Å²) >= 11 is 0. The number of amides is 2. The fourth-order valence-electron chi connectivity index (χ4n) is 3.24. The molecule has 8 heteroatoms. The van der Waals surface area contributed by atoms with Crippen LogP contribution in [0.25, 0.3) is 0 Å². The van der Waals surface area contributed by atoms with E-state index in [-0.39, 0.29) is 43.5 Å². The highest BCUT2D eigenvalue weighted by atomic mass is 19.4. The van der Waals surface area contributed by atoms with Crippen LogP contribution in [-0.4, -0.2) is 46.7 Å². The fraction of sp³-hybridized carbons (Fsp3) is 0.526. The lowest BCUT2D eigenvalue weighted by molar-refractivity contribution is -0.159. The van der Waals surface area contributed by atoms with Gasteiger partial charge in [0.2, 0.25) is 5.91 Å². The first-order valence-corrected chi connectivity index (χ1v) is 9.09. The molecule has 1 saturated carbocycles. The minimum atomic E-state index is -4.46. The molecule has 0 N–H and O–H groups in total. The van der Waals surface area contributed by atoms with Gasteiger partial charge in [-0.25, -0.2) is 5.01 Å². The summed E-state index contributed by atoms with van der Waals surface area (Å²) in [5.74, 6) is -0.843. The molecule has 1 heterocycles. The molecule has 3 rings (SSSR count). The number of carbonyl (C=O) groups is 2. The van der Waals surface area contributed by atoms with Crippen molar-refractivity contribution >= 4 is 17.5 Å². The first-order chi connectivity index (χ1) is 12.8. The number of rotatable bonds is 6. The van der Waals surface area contributed by atoms with Gasteiger partial charge in [-0.1, -0.05) is 36.8 Å². The number of benzene rings is 1. The maximum Gasteiger partial charge on any atom is 0.406 e. The van der Waals surface area contributed by atoms with E-state index in [0.717, 1.165) is 29.7 Å². The Bertz CT molecular complexity index is 715. The van der Waals surface area contributed by atoms with Crippen molar-refractivity contribution in [2.75, 3.05) is 13.1 Å². The average molecular weight is 381 g/mol. The summed E-state index contributed by atoms with van der Waals surface area (Å²) in [5, 5.41) is 5.28. The Labute approximate surface area is 155 Å². The Balaban J connectivity index is 1.75. The minimum Gasteiger partial charge on any atom is -0.328 e. The monoisotopic (exact) mass is 381 g/mol. The molecule has 0 aromatic heterocycles. The number of hydrogen-bond donors (Lipinski definition) is 0. The van der Waals surface area contributed by atoms with E-state index in [4.69, 9.17) is 0 Å². The zero-order valence-corrected chi connectivity index (χ0v) is 14.9. The van der Waals surface area contributed by atoms with Crippen LogP contribution in [0.1, 0.15) is 37.7 Å². The van der Waals surface area contributed by atoms with Crippen molar-refractivity contribution in [2.45, 2.75) is 44.8 Å². The second-order valence-corrected chi connectivity index (χ2v) is 7.08. The third-order valence-corrected chi connectivity index (χ3v) is 4.89. The lowest BCUT2D eigenvalue weighted by Crippen LogP contribution is -2.47. The Morgan fingerprint density at radius 1 is 1.19 bits per heavy atom. The number of hydrazone groups is 1. The molecule has 1 aromatic carbocycles. The summed E-state index contributed by atoms with van der Waals surface area (Å²) in [6.07, 6.45) is -1.66. The normalized spacial score (nSPS) is 18.1. The summed E-state index contributed by atoms with van der Waals surface area (Å²) in [5.41, 5.74) is 0.860. The van der Waals surface area contributed by atoms with Gasteiger partial charge in [0.1, 0.15) is 12.3 Å². The second kappa shape index (κ2) is 8.10. The molecule has 1 aliphatic heterocycles. The van der Waals surface area contributed by atoms with Gasteiger partial charge < -0.3 is 4.90 Å². The van der Waals surface area contributed by atoms with Crippen LogP contribution in [0.5, 0.6) is 0 Å². The van der Waals surface area contributed by atoms with Crippen molar-refractivity contribution in [1.82, 2.24) is 9.91 Å². The van der Waals surface area contributed by atoms with E-state index >= 15 is 0 Å². The van der Waals surface area contributed by atoms with Crippen molar-refractivity contribution in [3.63, 3.8) is 0 Å². The number of halogens is 3. The first kappa shape index (κ1) is 19.4. The molecule has 2 aliphatic rings. The molecule has 146 valence electrons. The lowest BCUT2D eigenvalue weighted by atomic mass is 9.85. The fourth-order valence-corrected chi connectivity index (χ4v) is 3.24. The van der Waals surface area contributed by atoms with Crippen LogP contribution in [-0.2, 0) is 16.1 Å². The van der Waals surface area contributed by atoms with Gasteiger partial charge in [-0.15, -0.1) is 0 Å². The molecule has 1 aliphatic carbocycles. The molecule has 1 aromatic rings. The van der Waals surface area contributed by atoms with Crippen molar-refractivity contribution in [2.24, 2.45) is 11.0 Å². The van der Waals surface area contributed by atoms with Crippen LogP contribution in [0.4, 0.5) is 13.2 Å². The topological polar surface area (TPSA) is 53.0 Å². The largest absolute Gasteiger partial charge is 0.406 e. The molecule has 0 unspecified atom stereocenters. The molecular formula is C19H22F3N3O2. The zero-order valence-electron chi connectivity index (χ0n) is 14.9. The van der Waals surface area contributed by atoms with Gasteiger partial charge in [0.25, 0.3) is 5.91 Å². The Hall–Kier alpha value is -2.38. The second-order valence-electron chi connectivity index (χ2n) is 7.08. The zero-order chi connectivity index (χ0) is 19.4. The predicted octanol–water partition coefficient (Wildman–Crippen LogP) is 3.36. The number of carbonyl (C=O) groups excluding carboxylic acids is 2. The Kier molecular flexibility index (Phi) is 5.82. The standard InChI is InChI=1S/C19H22F3N3O2/c20-19(21,22)13-24(11-14-7-4-8-14)18(27)16-9-10-17(26)25(23-16)12-15-5-2-1-3-6-15/h1-3,5-6,14H,4,7-13H2. The van der Waals surface area contributed by atoms with Gasteiger partial charge in [0.15, 0.2) is 0 Å². The number of hydrogen-bond acceptors (Lipinski definition) is 3. The maximum atomic E-state index is 12.9. The van der Waals surface area contributed by atoms with E-state index < -0.39 is 18.6 Å². The van der Waals surface area contributed by atoms with E-state index in [0.29, 0.717) is 0 Å². The molecule has 27 heavy (non-hydrogen) atoms. The molecule has 0 radical (unpaired) electrons. The minimum absolute atomic E-state index is 0.0223. The van der Waals surface area contributed by atoms with Crippen LogP contribution in [0.15, 0.2) is 35.4 Å². The van der Waals surface area contributed by atoms with Gasteiger partial charge in [-0.2, -0.15) is 18.3 Å². The highest BCUT2D eigenvalue weighted by Crippen LogP contribution is 2.29. The SMILES string of the molecule is O=C(C1=NN(Cc2ccccc2)C(=O)CC1)N(CC1CCC1)CC(F)(F)F. The van der Waals surface area contributed by atoms with E-state index in [1.54, 1.807) is 0 Å². The van der Waals surface area contributed by atoms with Crippen LogP contribution in [0.2, 0.25) is 0 Å². The smallest absolute Gasteiger partial charge is 0.328 e. The van der Waals surface area contributed by atoms with Gasteiger partial charge >= 0.3 is 6.18 Å². The Morgan fingerprint density at radius 3 is 2.48 bits per heavy atom. The lowest BCUT2D eigenvalue weighted by Gasteiger charge is -2.34. The molecule has 0 bridgehead atoms. The highest BCUT2D eigenvalue weighted by Gasteiger charge is 2.37. The van der Waals surface area contributed by atoms with Crippen LogP contribution in [0.3, 0.4) is 0 Å². The third-order valence-electron chi connectivity index (χ3n) is 4.89. The highest BCUT2D eigenvalue weighted by molar-refractivity contribution is 6.39. The van der Waals surface area contributed by atoms with Crippen molar-refractivity contribution in [1.29, 1.82) is 0 Å². The van der Waals surface area contributed by atoms with Crippen molar-refractivity contribution in [3.05, 3.63) is 35.9 Å². The molecule has 5 nitrogen and oxygen atoms in total. The van der Waals surface area contributed by atoms with Gasteiger partial charge in [-0.05, 0) is 24.3 Å². The summed E-state index contributed by atoms with van der Waals surface area (Å²) < 4.78 is 38.8. The van der Waals surface area contributed by atoms with E-state index in [9.17, 15) is 22.8 Å².